The van der Waals surface area contributed by atoms with Crippen LogP contribution in [0.4, 0.5) is 0 Å². The minimum absolute atomic E-state index is 0.909. The first kappa shape index (κ1) is 15.5. The SMILES string of the molecule is CCCCC[O][Al]([CH2]C)[O]CCCCC. The molecule has 2 nitrogen and oxygen atoms in total. The maximum Gasteiger partial charge on any atom is 0.674 e. The predicted octanol–water partition coefficient (Wildman–Crippen LogP) is 3.91. The Labute approximate surface area is 100 Å². The molecule has 0 unspecified atom stereocenters. The van der Waals surface area contributed by atoms with Crippen LogP contribution in [0.3, 0.4) is 0 Å². The van der Waals surface area contributed by atoms with Crippen LogP contribution in [0, 0.1) is 0 Å². The molecule has 0 N–H and O–H groups in total. The minimum atomic E-state index is -1.30. The van der Waals surface area contributed by atoms with Gasteiger partial charge in [-0.1, -0.05) is 46.5 Å². The van der Waals surface area contributed by atoms with Crippen molar-refractivity contribution in [3.05, 3.63) is 0 Å². The van der Waals surface area contributed by atoms with Gasteiger partial charge in [0.15, 0.2) is 0 Å². The topological polar surface area (TPSA) is 18.5 Å². The highest BCUT2D eigenvalue weighted by atomic mass is 27.2. The highest BCUT2D eigenvalue weighted by Gasteiger charge is 2.21. The second-order valence-corrected chi connectivity index (χ2v) is 6.34. The summed E-state index contributed by atoms with van der Waals surface area (Å²) in [5.41, 5.74) is 0. The van der Waals surface area contributed by atoms with E-state index in [9.17, 15) is 0 Å². The molecule has 0 amide bonds. The van der Waals surface area contributed by atoms with Gasteiger partial charge in [-0.3, -0.25) is 0 Å². The van der Waals surface area contributed by atoms with Gasteiger partial charge in [-0.25, -0.2) is 0 Å². The predicted molar refractivity (Wildman–Crippen MR) is 67.2 cm³/mol. The molecule has 0 fully saturated rings. The van der Waals surface area contributed by atoms with E-state index in [-0.39, 0.29) is 0 Å². The lowest BCUT2D eigenvalue weighted by Gasteiger charge is -2.11. The fraction of sp³-hybridized carbons (Fsp3) is 1.00. The molecule has 0 aromatic rings. The molecule has 0 saturated heterocycles. The highest BCUT2D eigenvalue weighted by molar-refractivity contribution is 6.44. The van der Waals surface area contributed by atoms with Crippen molar-refractivity contribution in [1.29, 1.82) is 0 Å². The van der Waals surface area contributed by atoms with Crippen molar-refractivity contribution in [2.45, 2.75) is 64.6 Å². The molecule has 0 aromatic carbocycles. The molecule has 0 spiro atoms. The largest absolute Gasteiger partial charge is 0.674 e. The molecule has 0 radical (unpaired) electrons. The van der Waals surface area contributed by atoms with Gasteiger partial charge in [-0.15, -0.1) is 0 Å². The summed E-state index contributed by atoms with van der Waals surface area (Å²) in [6.07, 6.45) is 7.47. The summed E-state index contributed by atoms with van der Waals surface area (Å²) in [4.78, 5) is 0. The molecule has 3 heteroatoms. The Kier molecular flexibility index (Phi) is 12.9. The summed E-state index contributed by atoms with van der Waals surface area (Å²) in [7, 11) is 0. The first-order chi connectivity index (χ1) is 7.35. The fourth-order valence-corrected chi connectivity index (χ4v) is 2.84. The second-order valence-electron chi connectivity index (χ2n) is 3.99. The summed E-state index contributed by atoms with van der Waals surface area (Å²) < 4.78 is 11.6. The van der Waals surface area contributed by atoms with Crippen LogP contribution in [0.1, 0.15) is 59.3 Å². The maximum atomic E-state index is 5.79. The fourth-order valence-electron chi connectivity index (χ4n) is 1.42. The smallest absolute Gasteiger partial charge is 0.478 e. The Morgan fingerprint density at radius 3 is 1.53 bits per heavy atom. The summed E-state index contributed by atoms with van der Waals surface area (Å²) >= 11 is -1.30. The van der Waals surface area contributed by atoms with E-state index < -0.39 is 14.8 Å². The van der Waals surface area contributed by atoms with E-state index in [0.29, 0.717) is 0 Å². The summed E-state index contributed by atoms with van der Waals surface area (Å²) in [6.45, 7) is 8.43. The van der Waals surface area contributed by atoms with E-state index in [0.717, 1.165) is 18.5 Å². The minimum Gasteiger partial charge on any atom is -0.478 e. The lowest BCUT2D eigenvalue weighted by molar-refractivity contribution is 0.191. The quantitative estimate of drug-likeness (QED) is 0.396. The maximum absolute atomic E-state index is 5.79. The van der Waals surface area contributed by atoms with Gasteiger partial charge in [0.2, 0.25) is 0 Å². The molecule has 15 heavy (non-hydrogen) atoms. The molecule has 90 valence electrons. The van der Waals surface area contributed by atoms with E-state index >= 15 is 0 Å². The highest BCUT2D eigenvalue weighted by Crippen LogP contribution is 2.02. The third kappa shape index (κ3) is 10.7. The second kappa shape index (κ2) is 12.5. The Morgan fingerprint density at radius 1 is 0.733 bits per heavy atom. The zero-order valence-electron chi connectivity index (χ0n) is 10.8. The van der Waals surface area contributed by atoms with Crippen LogP contribution in [-0.4, -0.2) is 28.0 Å². The normalized spacial score (nSPS) is 10.6. The average molecular weight is 230 g/mol. The van der Waals surface area contributed by atoms with E-state index in [1.54, 1.807) is 0 Å². The molecule has 0 aliphatic carbocycles. The van der Waals surface area contributed by atoms with Gasteiger partial charge < -0.3 is 7.58 Å². The molecule has 0 bridgehead atoms. The first-order valence-electron chi connectivity index (χ1n) is 6.58. The Bertz CT molecular complexity index is 108. The average Bonchev–Trinajstić information content (AvgIpc) is 2.27. The lowest BCUT2D eigenvalue weighted by atomic mass is 10.3. The first-order valence-corrected chi connectivity index (χ1v) is 8.34. The van der Waals surface area contributed by atoms with E-state index in [1.807, 2.05) is 0 Å². The van der Waals surface area contributed by atoms with Crippen molar-refractivity contribution in [2.24, 2.45) is 0 Å². The number of hydrogen-bond donors (Lipinski definition) is 0. The van der Waals surface area contributed by atoms with Gasteiger partial charge in [-0.2, -0.15) is 0 Å². The van der Waals surface area contributed by atoms with Crippen LogP contribution in [0.25, 0.3) is 0 Å². The Morgan fingerprint density at radius 2 is 1.20 bits per heavy atom. The molecule has 0 atom stereocenters. The molecule has 0 heterocycles. The van der Waals surface area contributed by atoms with Crippen LogP contribution >= 0.6 is 0 Å². The van der Waals surface area contributed by atoms with Gasteiger partial charge in [0, 0.05) is 13.2 Å². The van der Waals surface area contributed by atoms with E-state index in [2.05, 4.69) is 20.8 Å². The zero-order chi connectivity index (χ0) is 11.4. The van der Waals surface area contributed by atoms with Crippen LogP contribution in [-0.2, 0) is 7.58 Å². The van der Waals surface area contributed by atoms with Crippen molar-refractivity contribution in [1.82, 2.24) is 0 Å². The van der Waals surface area contributed by atoms with Crippen molar-refractivity contribution < 1.29 is 7.58 Å². The van der Waals surface area contributed by atoms with E-state index in [4.69, 9.17) is 7.58 Å². The summed E-state index contributed by atoms with van der Waals surface area (Å²) in [6, 6.07) is 0. The van der Waals surface area contributed by atoms with Gasteiger partial charge in [-0.05, 0) is 18.1 Å². The monoisotopic (exact) mass is 230 g/mol. The molecule has 0 aliphatic heterocycles. The van der Waals surface area contributed by atoms with Gasteiger partial charge in [0.05, 0.1) is 0 Å². The van der Waals surface area contributed by atoms with Crippen LogP contribution in [0.15, 0.2) is 0 Å². The number of rotatable bonds is 11. The number of hydrogen-bond acceptors (Lipinski definition) is 2. The van der Waals surface area contributed by atoms with Crippen LogP contribution < -0.4 is 0 Å². The van der Waals surface area contributed by atoms with Crippen molar-refractivity contribution in [3.8, 4) is 0 Å². The van der Waals surface area contributed by atoms with Crippen LogP contribution in [0.5, 0.6) is 0 Å². The standard InChI is InChI=1S/2C5H11O.C2H5.Al/c2*1-2-3-4-5-6;1-2;/h2*2-5H2,1H3;1H2,2H3;/q2*-1;;+2. The Hall–Kier alpha value is 0.452. The van der Waals surface area contributed by atoms with E-state index in [1.165, 1.54) is 38.5 Å². The van der Waals surface area contributed by atoms with Gasteiger partial charge in [0.1, 0.15) is 0 Å². The molecule has 0 aliphatic rings. The van der Waals surface area contributed by atoms with Crippen LogP contribution in [0.2, 0.25) is 5.28 Å². The summed E-state index contributed by atoms with van der Waals surface area (Å²) in [5.74, 6) is 0. The molecule has 0 saturated carbocycles. The third-order valence-electron chi connectivity index (χ3n) is 2.44. The third-order valence-corrected chi connectivity index (χ3v) is 4.32. The van der Waals surface area contributed by atoms with Gasteiger partial charge in [0.25, 0.3) is 0 Å². The molecule has 0 aromatic heterocycles. The van der Waals surface area contributed by atoms with Gasteiger partial charge >= 0.3 is 14.8 Å². The molecular weight excluding hydrogens is 203 g/mol. The zero-order valence-corrected chi connectivity index (χ0v) is 11.9. The van der Waals surface area contributed by atoms with Crippen molar-refractivity contribution in [3.63, 3.8) is 0 Å². The number of unbranched alkanes of at least 4 members (excludes halogenated alkanes) is 4. The van der Waals surface area contributed by atoms with Crippen molar-refractivity contribution in [2.75, 3.05) is 13.2 Å². The Balaban J connectivity index is 3.29. The summed E-state index contributed by atoms with van der Waals surface area (Å²) in [5, 5.41) is 1.10. The van der Waals surface area contributed by atoms with Crippen molar-refractivity contribution >= 4 is 14.8 Å². The molecule has 0 rings (SSSR count). The lowest BCUT2D eigenvalue weighted by Crippen LogP contribution is -2.23. The molecular formula is C12H27AlO2.